The lowest BCUT2D eigenvalue weighted by atomic mass is 9.93. The van der Waals surface area contributed by atoms with Crippen LogP contribution >= 0.6 is 12.6 Å². The van der Waals surface area contributed by atoms with Crippen LogP contribution in [-0.2, 0) is 12.0 Å². The molecule has 3 rings (SSSR count). The predicted molar refractivity (Wildman–Crippen MR) is 174 cm³/mol. The molecule has 40 heavy (non-hydrogen) atoms. The number of phenols is 2. The molecule has 0 radical (unpaired) electrons. The molecule has 0 heterocycles. The average Bonchev–Trinajstić information content (AvgIpc) is 2.91. The molecule has 0 unspecified atom stereocenters. The normalized spacial score (nSPS) is 10.8. The molecule has 0 aliphatic carbocycles. The van der Waals surface area contributed by atoms with E-state index in [9.17, 15) is 10.2 Å². The first-order chi connectivity index (χ1) is 18.8. The van der Waals surface area contributed by atoms with Crippen LogP contribution in [0, 0.1) is 27.7 Å². The van der Waals surface area contributed by atoms with Gasteiger partial charge < -0.3 is 19.7 Å². The van der Waals surface area contributed by atoms with Crippen LogP contribution in [-0.4, -0.2) is 23.6 Å². The van der Waals surface area contributed by atoms with E-state index in [0.29, 0.717) is 17.4 Å². The highest BCUT2D eigenvalue weighted by atomic mass is 32.1. The van der Waals surface area contributed by atoms with Crippen molar-refractivity contribution in [2.75, 3.05) is 13.4 Å². The number of benzene rings is 3. The van der Waals surface area contributed by atoms with Gasteiger partial charge in [0, 0.05) is 0 Å². The van der Waals surface area contributed by atoms with Crippen molar-refractivity contribution < 1.29 is 19.7 Å². The summed E-state index contributed by atoms with van der Waals surface area (Å²) in [6.45, 7) is 18.3. The monoisotopic (exact) mass is 568 g/mol. The van der Waals surface area contributed by atoms with Crippen LogP contribution in [0.5, 0.6) is 23.0 Å². The van der Waals surface area contributed by atoms with E-state index in [1.54, 1.807) is 13.4 Å². The number of aromatic hydroxyl groups is 2. The zero-order chi connectivity index (χ0) is 30.6. The molecular formula is C35H52O4S. The van der Waals surface area contributed by atoms with Crippen LogP contribution in [0.3, 0.4) is 0 Å². The van der Waals surface area contributed by atoms with Crippen molar-refractivity contribution in [2.24, 2.45) is 0 Å². The molecule has 3 aromatic carbocycles. The van der Waals surface area contributed by atoms with E-state index in [0.717, 1.165) is 45.7 Å². The molecule has 0 aliphatic rings. The van der Waals surface area contributed by atoms with Crippen molar-refractivity contribution in [1.29, 1.82) is 0 Å². The number of thiol groups is 1. The third-order valence-corrected chi connectivity index (χ3v) is 7.03. The van der Waals surface area contributed by atoms with Crippen LogP contribution < -0.4 is 9.47 Å². The fourth-order valence-corrected chi connectivity index (χ4v) is 4.49. The van der Waals surface area contributed by atoms with E-state index in [-0.39, 0.29) is 0 Å². The Morgan fingerprint density at radius 2 is 1.27 bits per heavy atom. The smallest absolute Gasteiger partial charge is 0.162 e. The summed E-state index contributed by atoms with van der Waals surface area (Å²) in [5.74, 6) is 2.81. The zero-order valence-electron chi connectivity index (χ0n) is 26.6. The number of methoxy groups -OCH3 is 1. The highest BCUT2D eigenvalue weighted by Crippen LogP contribution is 2.37. The van der Waals surface area contributed by atoms with Gasteiger partial charge in [-0.2, -0.15) is 12.6 Å². The van der Waals surface area contributed by atoms with Gasteiger partial charge in [0.2, 0.25) is 0 Å². The van der Waals surface area contributed by atoms with Gasteiger partial charge >= 0.3 is 0 Å². The van der Waals surface area contributed by atoms with E-state index in [4.69, 9.17) is 9.47 Å². The summed E-state index contributed by atoms with van der Waals surface area (Å²) in [6.07, 6.45) is 6.41. The van der Waals surface area contributed by atoms with Gasteiger partial charge in [0.25, 0.3) is 0 Å². The molecule has 3 aromatic rings. The first-order valence-corrected chi connectivity index (χ1v) is 15.1. The summed E-state index contributed by atoms with van der Waals surface area (Å²) in [6, 6.07) is 14.3. The van der Waals surface area contributed by atoms with E-state index >= 15 is 0 Å². The first kappa shape index (κ1) is 35.2. The topological polar surface area (TPSA) is 58.9 Å². The van der Waals surface area contributed by atoms with Gasteiger partial charge in [0.1, 0.15) is 17.1 Å². The van der Waals surface area contributed by atoms with E-state index in [1.807, 2.05) is 71.9 Å². The quantitative estimate of drug-likeness (QED) is 0.178. The molecule has 222 valence electrons. The van der Waals surface area contributed by atoms with Gasteiger partial charge in [-0.1, -0.05) is 51.8 Å². The molecule has 0 bridgehead atoms. The maximum absolute atomic E-state index is 10.0. The maximum atomic E-state index is 10.0. The van der Waals surface area contributed by atoms with E-state index in [2.05, 4.69) is 45.5 Å². The average molecular weight is 569 g/mol. The molecule has 4 nitrogen and oxygen atoms in total. The summed E-state index contributed by atoms with van der Waals surface area (Å²) in [4.78, 5) is 0. The van der Waals surface area contributed by atoms with Crippen molar-refractivity contribution in [3.63, 3.8) is 0 Å². The molecule has 0 spiro atoms. The first-order valence-electron chi connectivity index (χ1n) is 14.2. The molecule has 5 heteroatoms. The van der Waals surface area contributed by atoms with Crippen LogP contribution in [0.2, 0.25) is 0 Å². The molecule has 0 atom stereocenters. The Kier molecular flexibility index (Phi) is 14.5. The Morgan fingerprint density at radius 1 is 0.775 bits per heavy atom. The summed E-state index contributed by atoms with van der Waals surface area (Å²) < 4.78 is 11.9. The Labute approximate surface area is 249 Å². The van der Waals surface area contributed by atoms with Crippen molar-refractivity contribution in [1.82, 2.24) is 0 Å². The lowest BCUT2D eigenvalue weighted by molar-refractivity contribution is 0.104. The third-order valence-electron chi connectivity index (χ3n) is 7.03. The van der Waals surface area contributed by atoms with Crippen molar-refractivity contribution in [3.8, 4) is 23.0 Å². The van der Waals surface area contributed by atoms with Gasteiger partial charge in [-0.15, -0.1) is 0 Å². The number of hydrogen-bond donors (Lipinski definition) is 3. The number of rotatable bonds is 9. The van der Waals surface area contributed by atoms with Gasteiger partial charge in [-0.05, 0) is 130 Å². The Hall–Kier alpha value is -2.79. The van der Waals surface area contributed by atoms with Crippen LogP contribution in [0.15, 0.2) is 42.5 Å². The van der Waals surface area contributed by atoms with Crippen molar-refractivity contribution >= 4 is 12.6 Å². The second kappa shape index (κ2) is 16.5. The van der Waals surface area contributed by atoms with Crippen LogP contribution in [0.4, 0.5) is 0 Å². The Bertz CT molecular complexity index is 1170. The minimum Gasteiger partial charge on any atom is -0.507 e. The van der Waals surface area contributed by atoms with Gasteiger partial charge in [-0.25, -0.2) is 0 Å². The minimum atomic E-state index is -0.541. The highest BCUT2D eigenvalue weighted by molar-refractivity contribution is 7.79. The van der Waals surface area contributed by atoms with E-state index < -0.39 is 5.60 Å². The van der Waals surface area contributed by atoms with E-state index in [1.165, 1.54) is 30.4 Å². The minimum absolute atomic E-state index is 0.346. The summed E-state index contributed by atoms with van der Waals surface area (Å²) in [5.41, 5.74) is 6.71. The predicted octanol–water partition coefficient (Wildman–Crippen LogP) is 9.74. The standard InChI is InChI=1S/C23H32O3.C11H16O.CH4S/c1-7-8-9-10-18-11-12-20(21(15-18)25-6)26-23(4,5)19-13-16(2)22(24)17(3)14-19;1-7(2)10-5-8(3)11(12)9(4)6-10;1-2/h11-15,24H,7-10H2,1-6H3;5-7,12H,1-4H3;2H,1H3. The highest BCUT2D eigenvalue weighted by Gasteiger charge is 2.26. The molecule has 0 saturated heterocycles. The third kappa shape index (κ3) is 9.99. The second-order valence-corrected chi connectivity index (χ2v) is 11.2. The van der Waals surface area contributed by atoms with Gasteiger partial charge in [0.05, 0.1) is 7.11 Å². The summed E-state index contributed by atoms with van der Waals surface area (Å²) >= 11 is 3.53. The largest absolute Gasteiger partial charge is 0.507 e. The second-order valence-electron chi connectivity index (χ2n) is 11.2. The van der Waals surface area contributed by atoms with Gasteiger partial charge in [-0.3, -0.25) is 0 Å². The molecular weight excluding hydrogens is 516 g/mol. The molecule has 0 aliphatic heterocycles. The fourth-order valence-electron chi connectivity index (χ4n) is 4.49. The molecule has 0 aromatic heterocycles. The molecule has 0 saturated carbocycles. The number of aryl methyl sites for hydroxylation is 5. The number of phenolic OH excluding ortho intramolecular Hbond substituents is 2. The van der Waals surface area contributed by atoms with Crippen molar-refractivity contribution in [3.05, 3.63) is 81.4 Å². The Morgan fingerprint density at radius 3 is 1.73 bits per heavy atom. The van der Waals surface area contributed by atoms with Crippen LogP contribution in [0.25, 0.3) is 0 Å². The summed E-state index contributed by atoms with van der Waals surface area (Å²) in [5, 5.41) is 19.5. The molecule has 2 N–H and O–H groups in total. The maximum Gasteiger partial charge on any atom is 0.162 e. The van der Waals surface area contributed by atoms with Crippen molar-refractivity contribution in [2.45, 2.75) is 99.5 Å². The lowest BCUT2D eigenvalue weighted by Gasteiger charge is -2.29. The SMILES string of the molecule is CCCCCc1ccc(OC(C)(C)c2cc(C)c(O)c(C)c2)c(OC)c1.CS.Cc1cc(C(C)C)cc(C)c1O. The lowest BCUT2D eigenvalue weighted by Crippen LogP contribution is -2.25. The Balaban J connectivity index is 0.000000477. The number of unbranched alkanes of at least 4 members (excludes halogenated alkanes) is 2. The molecule has 0 fully saturated rings. The fraction of sp³-hybridized carbons (Fsp3) is 0.486. The summed E-state index contributed by atoms with van der Waals surface area (Å²) in [7, 11) is 1.68. The zero-order valence-corrected chi connectivity index (χ0v) is 27.5. The molecule has 0 amide bonds. The number of hydrogen-bond acceptors (Lipinski definition) is 5. The van der Waals surface area contributed by atoms with Gasteiger partial charge in [0.15, 0.2) is 11.5 Å². The van der Waals surface area contributed by atoms with Crippen LogP contribution in [0.1, 0.15) is 98.7 Å². The number of ether oxygens (including phenoxy) is 2.